The molecule has 0 bridgehead atoms. The monoisotopic (exact) mass is 330 g/mol. The smallest absolute Gasteiger partial charge is 0.237 e. The van der Waals surface area contributed by atoms with Gasteiger partial charge in [-0.05, 0) is 43.4 Å². The lowest BCUT2D eigenvalue weighted by atomic mass is 9.62. The fraction of sp³-hybridized carbons (Fsp3) is 0.429. The first-order valence-electron chi connectivity index (χ1n) is 6.33. The van der Waals surface area contributed by atoms with E-state index in [0.29, 0.717) is 34.5 Å². The molecule has 1 fully saturated rings. The molecule has 0 spiro atoms. The third kappa shape index (κ3) is 2.65. The van der Waals surface area contributed by atoms with Crippen LogP contribution in [0.3, 0.4) is 0 Å². The standard InChI is InChI=1S/C14H16Cl2N2OS/c1-7-5-14(6-7,12(17)20)13(19)18-11-4-9(15)8(2)3-10(11)16/h3-4,7H,5-6H2,1-2H3,(H2,17,20)(H,18,19). The lowest BCUT2D eigenvalue weighted by Gasteiger charge is -2.44. The van der Waals surface area contributed by atoms with Crippen molar-refractivity contribution in [1.82, 2.24) is 0 Å². The number of aryl methyl sites for hydroxylation is 1. The number of nitrogens with two attached hydrogens (primary N) is 1. The maximum Gasteiger partial charge on any atom is 0.237 e. The number of carbonyl (C=O) groups excluding carboxylic acids is 1. The molecule has 108 valence electrons. The predicted molar refractivity (Wildman–Crippen MR) is 87.4 cm³/mol. The fourth-order valence-electron chi connectivity index (χ4n) is 2.61. The van der Waals surface area contributed by atoms with Crippen LogP contribution in [0.5, 0.6) is 0 Å². The highest BCUT2D eigenvalue weighted by Gasteiger charge is 2.50. The highest BCUT2D eigenvalue weighted by Crippen LogP contribution is 2.47. The third-order valence-electron chi connectivity index (χ3n) is 3.80. The second-order valence-electron chi connectivity index (χ2n) is 5.50. The minimum absolute atomic E-state index is 0.204. The van der Waals surface area contributed by atoms with Gasteiger partial charge in [-0.2, -0.15) is 0 Å². The molecule has 1 aromatic carbocycles. The second kappa shape index (κ2) is 5.51. The van der Waals surface area contributed by atoms with Crippen molar-refractivity contribution in [3.8, 4) is 0 Å². The second-order valence-corrected chi connectivity index (χ2v) is 6.75. The van der Waals surface area contributed by atoms with Gasteiger partial charge >= 0.3 is 0 Å². The highest BCUT2D eigenvalue weighted by atomic mass is 35.5. The van der Waals surface area contributed by atoms with Gasteiger partial charge < -0.3 is 11.1 Å². The van der Waals surface area contributed by atoms with Gasteiger partial charge in [-0.25, -0.2) is 0 Å². The van der Waals surface area contributed by atoms with E-state index in [4.69, 9.17) is 41.2 Å². The van der Waals surface area contributed by atoms with E-state index < -0.39 is 5.41 Å². The third-order valence-corrected chi connectivity index (χ3v) is 4.91. The van der Waals surface area contributed by atoms with Gasteiger partial charge in [0.25, 0.3) is 0 Å². The minimum Gasteiger partial charge on any atom is -0.392 e. The van der Waals surface area contributed by atoms with Crippen LogP contribution in [0, 0.1) is 18.3 Å². The van der Waals surface area contributed by atoms with E-state index >= 15 is 0 Å². The lowest BCUT2D eigenvalue weighted by Crippen LogP contribution is -2.53. The van der Waals surface area contributed by atoms with Gasteiger partial charge in [0.2, 0.25) is 5.91 Å². The van der Waals surface area contributed by atoms with Gasteiger partial charge in [0.1, 0.15) is 0 Å². The molecule has 1 saturated carbocycles. The van der Waals surface area contributed by atoms with E-state index in [1.165, 1.54) is 0 Å². The Hall–Kier alpha value is -0.840. The molecular formula is C14H16Cl2N2OS. The molecule has 0 unspecified atom stereocenters. The van der Waals surface area contributed by atoms with Crippen LogP contribution >= 0.6 is 35.4 Å². The van der Waals surface area contributed by atoms with E-state index in [0.717, 1.165) is 5.56 Å². The Morgan fingerprint density at radius 1 is 1.40 bits per heavy atom. The van der Waals surface area contributed by atoms with E-state index in [1.807, 2.05) is 6.92 Å². The molecule has 1 amide bonds. The number of carbonyl (C=O) groups is 1. The average molecular weight is 331 g/mol. The zero-order valence-corrected chi connectivity index (χ0v) is 13.6. The zero-order chi connectivity index (χ0) is 15.1. The van der Waals surface area contributed by atoms with Crippen molar-refractivity contribution in [2.75, 3.05) is 5.32 Å². The molecule has 20 heavy (non-hydrogen) atoms. The molecule has 0 aromatic heterocycles. The fourth-order valence-corrected chi connectivity index (χ4v) is 3.30. The van der Waals surface area contributed by atoms with Crippen LogP contribution < -0.4 is 11.1 Å². The van der Waals surface area contributed by atoms with Crippen molar-refractivity contribution in [1.29, 1.82) is 0 Å². The Labute approximate surface area is 133 Å². The molecular weight excluding hydrogens is 315 g/mol. The van der Waals surface area contributed by atoms with Gasteiger partial charge in [0.05, 0.1) is 21.1 Å². The summed E-state index contributed by atoms with van der Waals surface area (Å²) in [5.41, 5.74) is 6.34. The van der Waals surface area contributed by atoms with Crippen LogP contribution in [-0.4, -0.2) is 10.9 Å². The number of halogens is 2. The summed E-state index contributed by atoms with van der Waals surface area (Å²) in [6.07, 6.45) is 1.34. The molecule has 1 aliphatic rings. The molecule has 0 atom stereocenters. The van der Waals surface area contributed by atoms with Crippen molar-refractivity contribution in [3.63, 3.8) is 0 Å². The van der Waals surface area contributed by atoms with Crippen LogP contribution in [0.4, 0.5) is 5.69 Å². The van der Waals surface area contributed by atoms with E-state index in [9.17, 15) is 4.79 Å². The average Bonchev–Trinajstić information content (AvgIpc) is 2.31. The van der Waals surface area contributed by atoms with Crippen molar-refractivity contribution in [3.05, 3.63) is 27.7 Å². The summed E-state index contributed by atoms with van der Waals surface area (Å²) in [4.78, 5) is 12.7. The molecule has 0 aliphatic heterocycles. The molecule has 6 heteroatoms. The summed E-state index contributed by atoms with van der Waals surface area (Å²) in [6, 6.07) is 3.36. The summed E-state index contributed by atoms with van der Waals surface area (Å²) in [5.74, 6) is 0.240. The Kier molecular flexibility index (Phi) is 4.28. The van der Waals surface area contributed by atoms with Crippen molar-refractivity contribution in [2.24, 2.45) is 17.1 Å². The predicted octanol–water partition coefficient (Wildman–Crippen LogP) is 3.94. The number of thiocarbonyl (C=S) groups is 1. The van der Waals surface area contributed by atoms with Gasteiger partial charge in [-0.15, -0.1) is 0 Å². The Bertz CT molecular complexity index is 583. The molecule has 2 rings (SSSR count). The Balaban J connectivity index is 2.24. The first kappa shape index (κ1) is 15.5. The molecule has 0 radical (unpaired) electrons. The number of amides is 1. The van der Waals surface area contributed by atoms with Crippen LogP contribution in [0.2, 0.25) is 10.0 Å². The van der Waals surface area contributed by atoms with Gasteiger partial charge in [0.15, 0.2) is 0 Å². The van der Waals surface area contributed by atoms with E-state index in [2.05, 4.69) is 12.2 Å². The first-order valence-corrected chi connectivity index (χ1v) is 7.49. The van der Waals surface area contributed by atoms with Crippen molar-refractivity contribution in [2.45, 2.75) is 26.7 Å². The number of anilines is 1. The normalized spacial score (nSPS) is 24.9. The highest BCUT2D eigenvalue weighted by molar-refractivity contribution is 7.80. The minimum atomic E-state index is -0.755. The van der Waals surface area contributed by atoms with Crippen LogP contribution in [0.15, 0.2) is 12.1 Å². The number of nitrogens with one attached hydrogen (secondary N) is 1. The molecule has 3 nitrogen and oxygen atoms in total. The Morgan fingerprint density at radius 3 is 2.50 bits per heavy atom. The number of benzene rings is 1. The summed E-state index contributed by atoms with van der Waals surface area (Å²) >= 11 is 17.2. The lowest BCUT2D eigenvalue weighted by molar-refractivity contribution is -0.127. The van der Waals surface area contributed by atoms with Crippen LogP contribution in [0.1, 0.15) is 25.3 Å². The van der Waals surface area contributed by atoms with Crippen molar-refractivity contribution < 1.29 is 4.79 Å². The maximum absolute atomic E-state index is 12.5. The van der Waals surface area contributed by atoms with E-state index in [1.54, 1.807) is 12.1 Å². The van der Waals surface area contributed by atoms with Crippen molar-refractivity contribution >= 4 is 52.0 Å². The topological polar surface area (TPSA) is 55.1 Å². The summed E-state index contributed by atoms with van der Waals surface area (Å²) < 4.78 is 0. The van der Waals surface area contributed by atoms with Crippen LogP contribution in [-0.2, 0) is 4.79 Å². The molecule has 0 heterocycles. The zero-order valence-electron chi connectivity index (χ0n) is 11.3. The molecule has 1 aromatic rings. The Morgan fingerprint density at radius 2 is 2.00 bits per heavy atom. The van der Waals surface area contributed by atoms with Gasteiger partial charge in [0, 0.05) is 5.02 Å². The number of hydrogen-bond donors (Lipinski definition) is 2. The summed E-state index contributed by atoms with van der Waals surface area (Å²) in [7, 11) is 0. The molecule has 1 aliphatic carbocycles. The maximum atomic E-state index is 12.5. The van der Waals surface area contributed by atoms with E-state index in [-0.39, 0.29) is 10.9 Å². The van der Waals surface area contributed by atoms with Gasteiger partial charge in [-0.3, -0.25) is 4.79 Å². The van der Waals surface area contributed by atoms with Crippen LogP contribution in [0.25, 0.3) is 0 Å². The largest absolute Gasteiger partial charge is 0.392 e. The molecule has 0 saturated heterocycles. The summed E-state index contributed by atoms with van der Waals surface area (Å²) in [5, 5.41) is 3.80. The van der Waals surface area contributed by atoms with Gasteiger partial charge in [-0.1, -0.05) is 42.3 Å². The SMILES string of the molecule is Cc1cc(Cl)c(NC(=O)C2(C(N)=S)CC(C)C2)cc1Cl. The first-order chi connectivity index (χ1) is 9.26. The quantitative estimate of drug-likeness (QED) is 0.825. The number of hydrogen-bond acceptors (Lipinski definition) is 2. The summed E-state index contributed by atoms with van der Waals surface area (Å²) in [6.45, 7) is 3.92. The number of rotatable bonds is 3. The molecule has 3 N–H and O–H groups in total.